The summed E-state index contributed by atoms with van der Waals surface area (Å²) in [6.07, 6.45) is 2.99. The van der Waals surface area contributed by atoms with Crippen LogP contribution >= 0.6 is 24.0 Å². The van der Waals surface area contributed by atoms with E-state index in [9.17, 15) is 9.59 Å². The fourth-order valence-electron chi connectivity index (χ4n) is 2.31. The van der Waals surface area contributed by atoms with Crippen LogP contribution in [-0.2, 0) is 4.79 Å². The van der Waals surface area contributed by atoms with E-state index in [1.54, 1.807) is 32.3 Å². The van der Waals surface area contributed by atoms with Crippen LogP contribution < -0.4 is 10.6 Å². The van der Waals surface area contributed by atoms with E-state index >= 15 is 0 Å². The topological polar surface area (TPSA) is 61.4 Å². The summed E-state index contributed by atoms with van der Waals surface area (Å²) in [7, 11) is 3.33. The molecule has 5 nitrogen and oxygen atoms in total. The highest BCUT2D eigenvalue weighted by molar-refractivity contribution is 6.34. The van der Waals surface area contributed by atoms with Gasteiger partial charge in [-0.05, 0) is 37.6 Å². The summed E-state index contributed by atoms with van der Waals surface area (Å²) >= 11 is 6.05. The van der Waals surface area contributed by atoms with Crippen LogP contribution in [0.5, 0.6) is 0 Å². The maximum atomic E-state index is 12.2. The van der Waals surface area contributed by atoms with Gasteiger partial charge in [0.15, 0.2) is 0 Å². The Morgan fingerprint density at radius 3 is 2.64 bits per heavy atom. The highest BCUT2D eigenvalue weighted by Crippen LogP contribution is 2.22. The molecule has 0 aliphatic carbocycles. The Morgan fingerprint density at radius 1 is 1.32 bits per heavy atom. The molecule has 1 atom stereocenters. The molecule has 0 aromatic heterocycles. The molecular weight excluding hydrogens is 325 g/mol. The van der Waals surface area contributed by atoms with Gasteiger partial charge in [-0.25, -0.2) is 0 Å². The third-order valence-corrected chi connectivity index (χ3v) is 3.83. The van der Waals surface area contributed by atoms with Crippen LogP contribution in [0.15, 0.2) is 18.2 Å². The molecule has 0 saturated carbocycles. The molecule has 1 aromatic rings. The quantitative estimate of drug-likeness (QED) is 0.884. The zero-order valence-corrected chi connectivity index (χ0v) is 14.3. The normalized spacial score (nSPS) is 17.3. The molecule has 2 N–H and O–H groups in total. The first-order chi connectivity index (χ1) is 9.99. The Kier molecular flexibility index (Phi) is 7.13. The molecule has 22 heavy (non-hydrogen) atoms. The van der Waals surface area contributed by atoms with Crippen LogP contribution in [-0.4, -0.2) is 43.4 Å². The monoisotopic (exact) mass is 345 g/mol. The second-order valence-electron chi connectivity index (χ2n) is 5.39. The predicted molar refractivity (Wildman–Crippen MR) is 91.0 cm³/mol. The van der Waals surface area contributed by atoms with Gasteiger partial charge in [0.2, 0.25) is 5.91 Å². The van der Waals surface area contributed by atoms with Gasteiger partial charge in [-0.3, -0.25) is 9.59 Å². The predicted octanol–water partition coefficient (Wildman–Crippen LogP) is 2.54. The van der Waals surface area contributed by atoms with Crippen molar-refractivity contribution in [1.82, 2.24) is 10.2 Å². The third kappa shape index (κ3) is 4.60. The maximum absolute atomic E-state index is 12.2. The van der Waals surface area contributed by atoms with Crippen molar-refractivity contribution in [2.45, 2.75) is 25.3 Å². The Labute approximate surface area is 141 Å². The van der Waals surface area contributed by atoms with Gasteiger partial charge in [0, 0.05) is 19.8 Å². The minimum absolute atomic E-state index is 0. The van der Waals surface area contributed by atoms with Crippen LogP contribution in [0.1, 0.15) is 29.6 Å². The number of nitrogens with zero attached hydrogens (tertiary/aromatic N) is 1. The Balaban J connectivity index is 0.00000242. The SMILES string of the molecule is CN(C)C(=O)c1cc(NC(=O)C2CCCCN2)ccc1Cl.Cl. The molecule has 1 saturated heterocycles. The summed E-state index contributed by atoms with van der Waals surface area (Å²) in [5, 5.41) is 6.41. The molecule has 0 bridgehead atoms. The maximum Gasteiger partial charge on any atom is 0.254 e. The van der Waals surface area contributed by atoms with Gasteiger partial charge in [-0.2, -0.15) is 0 Å². The zero-order chi connectivity index (χ0) is 15.4. The molecule has 1 aromatic carbocycles. The minimum atomic E-state index is -0.188. The lowest BCUT2D eigenvalue weighted by atomic mass is 10.0. The number of halogens is 2. The summed E-state index contributed by atoms with van der Waals surface area (Å²) < 4.78 is 0. The lowest BCUT2D eigenvalue weighted by molar-refractivity contribution is -0.118. The van der Waals surface area contributed by atoms with Gasteiger partial charge in [0.25, 0.3) is 5.91 Å². The summed E-state index contributed by atoms with van der Waals surface area (Å²) in [6.45, 7) is 0.864. The van der Waals surface area contributed by atoms with Crippen molar-refractivity contribution in [3.63, 3.8) is 0 Å². The number of nitrogens with one attached hydrogen (secondary N) is 2. The van der Waals surface area contributed by atoms with E-state index in [1.807, 2.05) is 0 Å². The van der Waals surface area contributed by atoms with Crippen molar-refractivity contribution in [3.8, 4) is 0 Å². The highest BCUT2D eigenvalue weighted by Gasteiger charge is 2.21. The van der Waals surface area contributed by atoms with E-state index < -0.39 is 0 Å². The number of carbonyl (C=O) groups excluding carboxylic acids is 2. The number of anilines is 1. The first kappa shape index (κ1) is 18.7. The summed E-state index contributed by atoms with van der Waals surface area (Å²) in [4.78, 5) is 25.6. The van der Waals surface area contributed by atoms with E-state index in [-0.39, 0.29) is 30.3 Å². The molecular formula is C15H21Cl2N3O2. The van der Waals surface area contributed by atoms with Crippen LogP contribution in [0.4, 0.5) is 5.69 Å². The standard InChI is InChI=1S/C15H20ClN3O2.ClH/c1-19(2)15(21)11-9-10(6-7-12(11)16)18-14(20)13-5-3-4-8-17-13;/h6-7,9,13,17H,3-5,8H2,1-2H3,(H,18,20);1H. The average molecular weight is 346 g/mol. The Morgan fingerprint density at radius 2 is 2.05 bits per heavy atom. The summed E-state index contributed by atoms with van der Waals surface area (Å²) in [5.74, 6) is -0.257. The number of amides is 2. The first-order valence-electron chi connectivity index (χ1n) is 7.04. The van der Waals surface area contributed by atoms with Gasteiger partial charge in [-0.1, -0.05) is 18.0 Å². The van der Waals surface area contributed by atoms with Crippen LogP contribution in [0.25, 0.3) is 0 Å². The number of benzene rings is 1. The summed E-state index contributed by atoms with van der Waals surface area (Å²) in [5.41, 5.74) is 0.970. The fourth-order valence-corrected chi connectivity index (χ4v) is 2.51. The van der Waals surface area contributed by atoms with E-state index in [2.05, 4.69) is 10.6 Å². The van der Waals surface area contributed by atoms with Gasteiger partial charge < -0.3 is 15.5 Å². The van der Waals surface area contributed by atoms with Gasteiger partial charge in [-0.15, -0.1) is 12.4 Å². The van der Waals surface area contributed by atoms with Gasteiger partial charge in [0.1, 0.15) is 0 Å². The molecule has 2 rings (SSSR count). The lowest BCUT2D eigenvalue weighted by Crippen LogP contribution is -2.43. The number of hydrogen-bond acceptors (Lipinski definition) is 3. The molecule has 0 spiro atoms. The molecule has 2 amide bonds. The van der Waals surface area contributed by atoms with Crippen LogP contribution in [0.2, 0.25) is 5.02 Å². The van der Waals surface area contributed by atoms with Crippen molar-refractivity contribution in [2.24, 2.45) is 0 Å². The van der Waals surface area contributed by atoms with E-state index in [0.717, 1.165) is 25.8 Å². The molecule has 1 unspecified atom stereocenters. The first-order valence-corrected chi connectivity index (χ1v) is 7.42. The minimum Gasteiger partial charge on any atom is -0.345 e. The smallest absolute Gasteiger partial charge is 0.254 e. The van der Waals surface area contributed by atoms with E-state index in [0.29, 0.717) is 16.3 Å². The molecule has 1 aliphatic heterocycles. The zero-order valence-electron chi connectivity index (χ0n) is 12.7. The number of piperidine rings is 1. The fraction of sp³-hybridized carbons (Fsp3) is 0.467. The molecule has 1 aliphatic rings. The largest absolute Gasteiger partial charge is 0.345 e. The van der Waals surface area contributed by atoms with Crippen molar-refractivity contribution in [1.29, 1.82) is 0 Å². The number of rotatable bonds is 3. The van der Waals surface area contributed by atoms with Crippen molar-refractivity contribution in [3.05, 3.63) is 28.8 Å². The van der Waals surface area contributed by atoms with Gasteiger partial charge >= 0.3 is 0 Å². The average Bonchev–Trinajstić information content (AvgIpc) is 2.49. The molecule has 7 heteroatoms. The van der Waals surface area contributed by atoms with Crippen LogP contribution in [0.3, 0.4) is 0 Å². The molecule has 0 radical (unpaired) electrons. The molecule has 1 heterocycles. The van der Waals surface area contributed by atoms with E-state index in [1.165, 1.54) is 4.90 Å². The van der Waals surface area contributed by atoms with Crippen molar-refractivity contribution < 1.29 is 9.59 Å². The molecule has 122 valence electrons. The Bertz CT molecular complexity index is 544. The van der Waals surface area contributed by atoms with Crippen molar-refractivity contribution >= 4 is 41.5 Å². The second kappa shape index (κ2) is 8.36. The highest BCUT2D eigenvalue weighted by atomic mass is 35.5. The second-order valence-corrected chi connectivity index (χ2v) is 5.79. The Hall–Kier alpha value is -1.30. The lowest BCUT2D eigenvalue weighted by Gasteiger charge is -2.22. The third-order valence-electron chi connectivity index (χ3n) is 3.50. The summed E-state index contributed by atoms with van der Waals surface area (Å²) in [6, 6.07) is 4.78. The van der Waals surface area contributed by atoms with E-state index in [4.69, 9.17) is 11.6 Å². The number of carbonyl (C=O) groups is 2. The molecule has 1 fully saturated rings. The van der Waals surface area contributed by atoms with Crippen LogP contribution in [0, 0.1) is 0 Å². The van der Waals surface area contributed by atoms with Crippen molar-refractivity contribution in [2.75, 3.05) is 26.0 Å². The van der Waals surface area contributed by atoms with Gasteiger partial charge in [0.05, 0.1) is 16.6 Å². The number of hydrogen-bond donors (Lipinski definition) is 2.